The van der Waals surface area contributed by atoms with Gasteiger partial charge in [-0.15, -0.1) is 0 Å². The summed E-state index contributed by atoms with van der Waals surface area (Å²) >= 11 is 3.43. The molecule has 5 nitrogen and oxygen atoms in total. The van der Waals surface area contributed by atoms with Gasteiger partial charge in [0, 0.05) is 16.9 Å². The predicted molar refractivity (Wildman–Crippen MR) is 62.0 cm³/mol. The minimum atomic E-state index is 0.638. The van der Waals surface area contributed by atoms with Crippen molar-refractivity contribution in [3.05, 3.63) is 47.3 Å². The van der Waals surface area contributed by atoms with Crippen LogP contribution in [0.15, 0.2) is 41.7 Å². The van der Waals surface area contributed by atoms with E-state index in [0.29, 0.717) is 6.54 Å². The van der Waals surface area contributed by atoms with Crippen LogP contribution in [0.1, 0.15) is 5.69 Å². The van der Waals surface area contributed by atoms with Gasteiger partial charge < -0.3 is 4.40 Å². The second-order valence-electron chi connectivity index (χ2n) is 3.44. The number of fused-ring (bicyclic) bond motifs is 1. The first kappa shape index (κ1) is 9.53. The molecular weight excluding hydrogens is 270 g/mol. The Morgan fingerprint density at radius 1 is 1.25 bits per heavy atom. The summed E-state index contributed by atoms with van der Waals surface area (Å²) in [4.78, 5) is 8.38. The number of nitrogens with zero attached hydrogens (tertiary/aromatic N) is 5. The van der Waals surface area contributed by atoms with Crippen molar-refractivity contribution in [2.24, 2.45) is 0 Å². The van der Waals surface area contributed by atoms with E-state index in [0.717, 1.165) is 15.8 Å². The molecular formula is C10H8BrN5. The van der Waals surface area contributed by atoms with Crippen LogP contribution in [0.2, 0.25) is 0 Å². The Hall–Kier alpha value is -1.69. The number of rotatable bonds is 2. The van der Waals surface area contributed by atoms with E-state index in [-0.39, 0.29) is 0 Å². The Morgan fingerprint density at radius 2 is 2.19 bits per heavy atom. The van der Waals surface area contributed by atoms with Crippen LogP contribution in [-0.4, -0.2) is 24.1 Å². The van der Waals surface area contributed by atoms with Crippen molar-refractivity contribution in [3.63, 3.8) is 0 Å². The third-order valence-electron chi connectivity index (χ3n) is 2.26. The van der Waals surface area contributed by atoms with Gasteiger partial charge in [-0.3, -0.25) is 0 Å². The summed E-state index contributed by atoms with van der Waals surface area (Å²) in [5.41, 5.74) is 1.89. The standard InChI is InChI=1S/C10H8BrN5/c11-8-1-2-10-14-9(4-15(10)3-8)5-16-7-12-6-13-16/h1-4,6-7H,5H2. The molecule has 0 aromatic carbocycles. The zero-order valence-electron chi connectivity index (χ0n) is 8.29. The molecule has 3 aromatic heterocycles. The molecule has 0 fully saturated rings. The van der Waals surface area contributed by atoms with Gasteiger partial charge in [0.05, 0.1) is 12.2 Å². The highest BCUT2D eigenvalue weighted by Crippen LogP contribution is 2.12. The van der Waals surface area contributed by atoms with Crippen LogP contribution >= 0.6 is 15.9 Å². The van der Waals surface area contributed by atoms with Crippen molar-refractivity contribution in [1.29, 1.82) is 0 Å². The van der Waals surface area contributed by atoms with E-state index in [1.54, 1.807) is 11.0 Å². The minimum absolute atomic E-state index is 0.638. The fourth-order valence-corrected chi connectivity index (χ4v) is 1.93. The van der Waals surface area contributed by atoms with Gasteiger partial charge in [0.25, 0.3) is 0 Å². The maximum atomic E-state index is 4.48. The normalized spacial score (nSPS) is 11.1. The molecule has 0 amide bonds. The molecule has 0 aliphatic heterocycles. The first-order chi connectivity index (χ1) is 7.81. The molecule has 0 aliphatic carbocycles. The minimum Gasteiger partial charge on any atom is -0.306 e. The molecule has 0 saturated carbocycles. The second-order valence-corrected chi connectivity index (χ2v) is 4.35. The Balaban J connectivity index is 1.99. The van der Waals surface area contributed by atoms with Crippen LogP contribution in [-0.2, 0) is 6.54 Å². The summed E-state index contributed by atoms with van der Waals surface area (Å²) in [7, 11) is 0. The van der Waals surface area contributed by atoms with E-state index >= 15 is 0 Å². The molecule has 3 heterocycles. The fourth-order valence-electron chi connectivity index (χ4n) is 1.57. The molecule has 16 heavy (non-hydrogen) atoms. The smallest absolute Gasteiger partial charge is 0.137 e. The van der Waals surface area contributed by atoms with Crippen LogP contribution in [0.3, 0.4) is 0 Å². The SMILES string of the molecule is Brc1ccc2nc(Cn3cncn3)cn2c1. The van der Waals surface area contributed by atoms with Crippen LogP contribution < -0.4 is 0 Å². The maximum absolute atomic E-state index is 4.48. The van der Waals surface area contributed by atoms with Gasteiger partial charge >= 0.3 is 0 Å². The highest BCUT2D eigenvalue weighted by atomic mass is 79.9. The first-order valence-electron chi connectivity index (χ1n) is 4.77. The molecule has 0 spiro atoms. The lowest BCUT2D eigenvalue weighted by Crippen LogP contribution is -1.99. The third-order valence-corrected chi connectivity index (χ3v) is 2.72. The Bertz CT molecular complexity index is 613. The highest BCUT2D eigenvalue weighted by Gasteiger charge is 2.02. The van der Waals surface area contributed by atoms with Crippen molar-refractivity contribution in [2.45, 2.75) is 6.54 Å². The van der Waals surface area contributed by atoms with Gasteiger partial charge in [0.1, 0.15) is 18.3 Å². The number of pyridine rings is 1. The summed E-state index contributed by atoms with van der Waals surface area (Å²) in [6.45, 7) is 0.638. The van der Waals surface area contributed by atoms with E-state index in [4.69, 9.17) is 0 Å². The topological polar surface area (TPSA) is 48.0 Å². The zero-order chi connectivity index (χ0) is 11.0. The third kappa shape index (κ3) is 1.71. The fraction of sp³-hybridized carbons (Fsp3) is 0.100. The molecule has 0 saturated heterocycles. The number of hydrogen-bond donors (Lipinski definition) is 0. The lowest BCUT2D eigenvalue weighted by Gasteiger charge is -1.93. The largest absolute Gasteiger partial charge is 0.306 e. The molecule has 0 atom stereocenters. The van der Waals surface area contributed by atoms with Crippen molar-refractivity contribution >= 4 is 21.6 Å². The molecule has 3 rings (SSSR count). The summed E-state index contributed by atoms with van der Waals surface area (Å²) in [6, 6.07) is 3.94. The molecule has 0 radical (unpaired) electrons. The van der Waals surface area contributed by atoms with E-state index in [9.17, 15) is 0 Å². The molecule has 6 heteroatoms. The van der Waals surface area contributed by atoms with Crippen molar-refractivity contribution in [1.82, 2.24) is 24.1 Å². The molecule has 0 aliphatic rings. The summed E-state index contributed by atoms with van der Waals surface area (Å²) < 4.78 is 4.76. The second kappa shape index (κ2) is 3.71. The van der Waals surface area contributed by atoms with Gasteiger partial charge in [-0.2, -0.15) is 5.10 Å². The van der Waals surface area contributed by atoms with E-state index in [1.165, 1.54) is 6.33 Å². The van der Waals surface area contributed by atoms with Gasteiger partial charge in [-0.05, 0) is 28.1 Å². The Kier molecular flexibility index (Phi) is 2.21. The highest BCUT2D eigenvalue weighted by molar-refractivity contribution is 9.10. The van der Waals surface area contributed by atoms with E-state index in [2.05, 4.69) is 31.0 Å². The number of halogens is 1. The number of aromatic nitrogens is 5. The number of imidazole rings is 1. The maximum Gasteiger partial charge on any atom is 0.137 e. The van der Waals surface area contributed by atoms with Crippen LogP contribution in [0, 0.1) is 0 Å². The number of hydrogen-bond acceptors (Lipinski definition) is 3. The van der Waals surface area contributed by atoms with Gasteiger partial charge in [0.2, 0.25) is 0 Å². The average molecular weight is 278 g/mol. The lowest BCUT2D eigenvalue weighted by molar-refractivity contribution is 0.674. The van der Waals surface area contributed by atoms with Crippen molar-refractivity contribution < 1.29 is 0 Å². The van der Waals surface area contributed by atoms with Crippen molar-refractivity contribution in [2.75, 3.05) is 0 Å². The van der Waals surface area contributed by atoms with Crippen LogP contribution in [0.5, 0.6) is 0 Å². The molecule has 0 bridgehead atoms. The van der Waals surface area contributed by atoms with E-state index < -0.39 is 0 Å². The first-order valence-corrected chi connectivity index (χ1v) is 5.56. The van der Waals surface area contributed by atoms with Crippen molar-refractivity contribution in [3.8, 4) is 0 Å². The molecule has 3 aromatic rings. The Labute approximate surface area is 99.9 Å². The molecule has 0 unspecified atom stereocenters. The summed E-state index contributed by atoms with van der Waals surface area (Å²) in [5, 5.41) is 4.05. The van der Waals surface area contributed by atoms with E-state index in [1.807, 2.05) is 28.9 Å². The Morgan fingerprint density at radius 3 is 3.00 bits per heavy atom. The summed E-state index contributed by atoms with van der Waals surface area (Å²) in [5.74, 6) is 0. The van der Waals surface area contributed by atoms with Gasteiger partial charge in [0.15, 0.2) is 0 Å². The average Bonchev–Trinajstić information content (AvgIpc) is 2.86. The zero-order valence-corrected chi connectivity index (χ0v) is 9.87. The van der Waals surface area contributed by atoms with Crippen LogP contribution in [0.4, 0.5) is 0 Å². The van der Waals surface area contributed by atoms with Gasteiger partial charge in [-0.1, -0.05) is 0 Å². The molecule has 0 N–H and O–H groups in total. The lowest BCUT2D eigenvalue weighted by atomic mass is 10.5. The van der Waals surface area contributed by atoms with Gasteiger partial charge in [-0.25, -0.2) is 14.6 Å². The monoisotopic (exact) mass is 277 g/mol. The summed E-state index contributed by atoms with van der Waals surface area (Å²) in [6.07, 6.45) is 7.17. The quantitative estimate of drug-likeness (QED) is 0.717. The predicted octanol–water partition coefficient (Wildman–Crippen LogP) is 1.74. The van der Waals surface area contributed by atoms with Crippen LogP contribution in [0.25, 0.3) is 5.65 Å². The molecule has 80 valence electrons.